The van der Waals surface area contributed by atoms with Crippen LogP contribution in [0.1, 0.15) is 32.1 Å². The molecule has 2 aromatic heterocycles. The van der Waals surface area contributed by atoms with Crippen molar-refractivity contribution in [2.45, 2.75) is 33.1 Å². The van der Waals surface area contributed by atoms with Gasteiger partial charge >= 0.3 is 0 Å². The minimum atomic E-state index is -0.0316. The number of hydrogen-bond acceptors (Lipinski definition) is 4. The largest absolute Gasteiger partial charge is 0.360 e. The van der Waals surface area contributed by atoms with E-state index in [-0.39, 0.29) is 5.41 Å². The molecule has 2 heterocycles. The normalized spacial score (nSPS) is 11.6. The van der Waals surface area contributed by atoms with Gasteiger partial charge in [0.15, 0.2) is 5.82 Å². The molecule has 0 radical (unpaired) electrons. The van der Waals surface area contributed by atoms with Crippen LogP contribution in [-0.4, -0.2) is 10.1 Å². The molecule has 1 N–H and O–H groups in total. The van der Waals surface area contributed by atoms with Crippen LogP contribution in [-0.2, 0) is 5.41 Å². The molecule has 0 saturated heterocycles. The fraction of sp³-hybridized carbons (Fsp3) is 0.385. The number of pyridine rings is 1. The fourth-order valence-corrected chi connectivity index (χ4v) is 2.03. The molecule has 0 bridgehead atoms. The number of hydrogen-bond donors (Lipinski definition) is 1. The van der Waals surface area contributed by atoms with Crippen molar-refractivity contribution in [3.05, 3.63) is 34.7 Å². The molecule has 0 aromatic carbocycles. The Morgan fingerprint density at radius 2 is 1.94 bits per heavy atom. The van der Waals surface area contributed by atoms with E-state index in [1.807, 2.05) is 19.1 Å². The first-order valence-electron chi connectivity index (χ1n) is 5.72. The molecule has 0 aliphatic rings. The number of anilines is 2. The Balaban J connectivity index is 2.30. The van der Waals surface area contributed by atoms with Crippen LogP contribution in [0.25, 0.3) is 0 Å². The minimum absolute atomic E-state index is 0.0316. The van der Waals surface area contributed by atoms with E-state index in [9.17, 15) is 0 Å². The third-order valence-electron chi connectivity index (χ3n) is 2.55. The highest BCUT2D eigenvalue weighted by Gasteiger charge is 2.18. The Morgan fingerprint density at radius 1 is 1.22 bits per heavy atom. The van der Waals surface area contributed by atoms with Crippen molar-refractivity contribution >= 4 is 23.2 Å². The Kier molecular flexibility index (Phi) is 3.30. The summed E-state index contributed by atoms with van der Waals surface area (Å²) in [6.07, 6.45) is 1.65. The highest BCUT2D eigenvalue weighted by atomic mass is 35.5. The predicted octanol–water partition coefficient (Wildman–Crippen LogP) is 4.07. The quantitative estimate of drug-likeness (QED) is 0.889. The van der Waals surface area contributed by atoms with E-state index in [2.05, 4.69) is 36.2 Å². The van der Waals surface area contributed by atoms with Crippen LogP contribution in [0, 0.1) is 6.92 Å². The number of nitrogens with one attached hydrogen (secondary N) is 1. The van der Waals surface area contributed by atoms with Gasteiger partial charge in [0, 0.05) is 12.3 Å². The van der Waals surface area contributed by atoms with Gasteiger partial charge in [-0.2, -0.15) is 0 Å². The second-order valence-electron chi connectivity index (χ2n) is 5.25. The second kappa shape index (κ2) is 4.61. The van der Waals surface area contributed by atoms with Gasteiger partial charge in [0.25, 0.3) is 0 Å². The summed E-state index contributed by atoms with van der Waals surface area (Å²) in [6, 6.07) is 3.75. The summed E-state index contributed by atoms with van der Waals surface area (Å²) in [4.78, 5) is 4.23. The number of halogens is 1. The predicted molar refractivity (Wildman–Crippen MR) is 72.5 cm³/mol. The van der Waals surface area contributed by atoms with E-state index >= 15 is 0 Å². The molecule has 5 heteroatoms. The van der Waals surface area contributed by atoms with Crippen LogP contribution < -0.4 is 5.32 Å². The molecule has 0 fully saturated rings. The van der Waals surface area contributed by atoms with Crippen molar-refractivity contribution in [1.29, 1.82) is 0 Å². The molecular formula is C13H16ClN3O. The zero-order valence-corrected chi connectivity index (χ0v) is 11.7. The van der Waals surface area contributed by atoms with Gasteiger partial charge in [-0.1, -0.05) is 37.5 Å². The number of aromatic nitrogens is 2. The summed E-state index contributed by atoms with van der Waals surface area (Å²) >= 11 is 6.16. The topological polar surface area (TPSA) is 51.0 Å². The summed E-state index contributed by atoms with van der Waals surface area (Å²) in [5.41, 5.74) is 1.01. The van der Waals surface area contributed by atoms with Crippen LogP contribution in [0.5, 0.6) is 0 Å². The van der Waals surface area contributed by atoms with Gasteiger partial charge in [-0.15, -0.1) is 0 Å². The third kappa shape index (κ3) is 2.82. The van der Waals surface area contributed by atoms with Gasteiger partial charge in [0.05, 0.1) is 5.02 Å². The number of rotatable bonds is 2. The van der Waals surface area contributed by atoms with Gasteiger partial charge in [0.2, 0.25) is 0 Å². The minimum Gasteiger partial charge on any atom is -0.360 e. The van der Waals surface area contributed by atoms with Crippen molar-refractivity contribution in [3.8, 4) is 0 Å². The maximum Gasteiger partial charge on any atom is 0.175 e. The van der Waals surface area contributed by atoms with Crippen LogP contribution in [0.2, 0.25) is 5.02 Å². The first-order chi connectivity index (χ1) is 8.36. The SMILES string of the molecule is Cc1cc(Nc2cc(C(C)(C)C)c(Cl)cn2)no1. The summed E-state index contributed by atoms with van der Waals surface area (Å²) in [5, 5.41) is 7.63. The lowest BCUT2D eigenvalue weighted by Crippen LogP contribution is -2.12. The lowest BCUT2D eigenvalue weighted by atomic mass is 9.87. The molecule has 0 atom stereocenters. The highest BCUT2D eigenvalue weighted by Crippen LogP contribution is 2.31. The van der Waals surface area contributed by atoms with Crippen LogP contribution >= 0.6 is 11.6 Å². The maximum atomic E-state index is 6.16. The summed E-state index contributed by atoms with van der Waals surface area (Å²) in [7, 11) is 0. The molecule has 0 saturated carbocycles. The molecule has 18 heavy (non-hydrogen) atoms. The lowest BCUT2D eigenvalue weighted by molar-refractivity contribution is 0.400. The van der Waals surface area contributed by atoms with E-state index in [1.165, 1.54) is 0 Å². The summed E-state index contributed by atoms with van der Waals surface area (Å²) < 4.78 is 4.99. The van der Waals surface area contributed by atoms with Gasteiger partial charge in [-0.25, -0.2) is 4.98 Å². The van der Waals surface area contributed by atoms with Crippen molar-refractivity contribution in [2.75, 3.05) is 5.32 Å². The first kappa shape index (κ1) is 12.9. The van der Waals surface area contributed by atoms with Crippen LogP contribution in [0.15, 0.2) is 22.9 Å². The number of nitrogens with zero attached hydrogens (tertiary/aromatic N) is 2. The van der Waals surface area contributed by atoms with E-state index < -0.39 is 0 Å². The molecular weight excluding hydrogens is 250 g/mol. The Hall–Kier alpha value is -1.55. The highest BCUT2D eigenvalue weighted by molar-refractivity contribution is 6.31. The smallest absolute Gasteiger partial charge is 0.175 e. The Bertz CT molecular complexity index is 558. The summed E-state index contributed by atoms with van der Waals surface area (Å²) in [6.45, 7) is 8.17. The van der Waals surface area contributed by atoms with Gasteiger partial charge < -0.3 is 9.84 Å². The molecule has 0 aliphatic heterocycles. The molecule has 96 valence electrons. The first-order valence-corrected chi connectivity index (χ1v) is 6.10. The monoisotopic (exact) mass is 265 g/mol. The molecule has 0 amide bonds. The van der Waals surface area contributed by atoms with Crippen molar-refractivity contribution in [3.63, 3.8) is 0 Å². The molecule has 4 nitrogen and oxygen atoms in total. The molecule has 0 aliphatic carbocycles. The van der Waals surface area contributed by atoms with Crippen LogP contribution in [0.3, 0.4) is 0 Å². The van der Waals surface area contributed by atoms with Gasteiger partial charge in [-0.05, 0) is 24.0 Å². The van der Waals surface area contributed by atoms with Crippen molar-refractivity contribution < 1.29 is 4.52 Å². The maximum absolute atomic E-state index is 6.16. The molecule has 2 aromatic rings. The molecule has 2 rings (SSSR count). The standard InChI is InChI=1S/C13H16ClN3O/c1-8-5-12(17-18-8)16-11-6-9(13(2,3)4)10(14)7-15-11/h5-7H,1-4H3,(H,15,16,17). The van der Waals surface area contributed by atoms with E-state index in [1.54, 1.807) is 6.20 Å². The number of aryl methyl sites for hydroxylation is 1. The lowest BCUT2D eigenvalue weighted by Gasteiger charge is -2.21. The van der Waals surface area contributed by atoms with Gasteiger partial charge in [0.1, 0.15) is 11.6 Å². The zero-order valence-electron chi connectivity index (χ0n) is 10.9. The fourth-order valence-electron chi connectivity index (χ4n) is 1.64. The van der Waals surface area contributed by atoms with Crippen LogP contribution in [0.4, 0.5) is 11.6 Å². The van der Waals surface area contributed by atoms with Crippen molar-refractivity contribution in [2.24, 2.45) is 0 Å². The van der Waals surface area contributed by atoms with E-state index in [0.29, 0.717) is 16.7 Å². The zero-order chi connectivity index (χ0) is 13.3. The Morgan fingerprint density at radius 3 is 2.50 bits per heavy atom. The molecule has 0 spiro atoms. The summed E-state index contributed by atoms with van der Waals surface area (Å²) in [5.74, 6) is 2.10. The van der Waals surface area contributed by atoms with E-state index in [0.717, 1.165) is 11.3 Å². The third-order valence-corrected chi connectivity index (χ3v) is 2.85. The Labute approximate surface area is 111 Å². The van der Waals surface area contributed by atoms with Gasteiger partial charge in [-0.3, -0.25) is 0 Å². The molecule has 0 unspecified atom stereocenters. The average Bonchev–Trinajstić information content (AvgIpc) is 2.65. The second-order valence-corrected chi connectivity index (χ2v) is 5.65. The van der Waals surface area contributed by atoms with E-state index in [4.69, 9.17) is 16.1 Å². The van der Waals surface area contributed by atoms with Crippen molar-refractivity contribution in [1.82, 2.24) is 10.1 Å². The average molecular weight is 266 g/mol.